The van der Waals surface area contributed by atoms with E-state index in [0.717, 1.165) is 4.96 Å². The van der Waals surface area contributed by atoms with Crippen molar-refractivity contribution in [3.8, 4) is 0 Å². The van der Waals surface area contributed by atoms with Crippen LogP contribution in [0.3, 0.4) is 0 Å². The van der Waals surface area contributed by atoms with Gasteiger partial charge in [0.1, 0.15) is 5.69 Å². The van der Waals surface area contributed by atoms with Crippen LogP contribution >= 0.6 is 11.3 Å². The average molecular weight is 198 g/mol. The highest BCUT2D eigenvalue weighted by molar-refractivity contribution is 7.15. The molecule has 2 rings (SSSR count). The molecule has 0 saturated heterocycles. The molecule has 0 bridgehead atoms. The molecule has 0 aliphatic carbocycles. The molecule has 1 unspecified atom stereocenters. The van der Waals surface area contributed by atoms with Crippen LogP contribution in [0.4, 0.5) is 0 Å². The molecule has 5 heteroatoms. The lowest BCUT2D eigenvalue weighted by Gasteiger charge is -2.05. The van der Waals surface area contributed by atoms with Crippen molar-refractivity contribution in [1.82, 2.24) is 9.38 Å². The summed E-state index contributed by atoms with van der Waals surface area (Å²) in [5.41, 5.74) is 0.564. The maximum Gasteiger partial charge on any atom is 0.200 e. The van der Waals surface area contributed by atoms with Gasteiger partial charge in [0.25, 0.3) is 0 Å². The summed E-state index contributed by atoms with van der Waals surface area (Å²) in [7, 11) is 0. The fourth-order valence-electron chi connectivity index (χ4n) is 1.11. The zero-order valence-electron chi connectivity index (χ0n) is 7.17. The van der Waals surface area contributed by atoms with Gasteiger partial charge < -0.3 is 9.84 Å². The molecule has 0 saturated carbocycles. The van der Waals surface area contributed by atoms with Crippen molar-refractivity contribution >= 4 is 16.3 Å². The molecule has 1 atom stereocenters. The van der Waals surface area contributed by atoms with Crippen molar-refractivity contribution in [2.45, 2.75) is 13.2 Å². The van der Waals surface area contributed by atoms with E-state index in [0.29, 0.717) is 12.3 Å². The van der Waals surface area contributed by atoms with Crippen molar-refractivity contribution < 1.29 is 9.84 Å². The van der Waals surface area contributed by atoms with Gasteiger partial charge in [0, 0.05) is 24.4 Å². The molecule has 70 valence electrons. The third kappa shape index (κ3) is 1.58. The van der Waals surface area contributed by atoms with E-state index >= 15 is 0 Å². The van der Waals surface area contributed by atoms with Gasteiger partial charge in [-0.2, -0.15) is 0 Å². The van der Waals surface area contributed by atoms with Gasteiger partial charge in [0.2, 0.25) is 0 Å². The number of imidazole rings is 1. The lowest BCUT2D eigenvalue weighted by atomic mass is 10.5. The predicted molar refractivity (Wildman–Crippen MR) is 49.7 cm³/mol. The first kappa shape index (κ1) is 8.68. The summed E-state index contributed by atoms with van der Waals surface area (Å²) in [6.45, 7) is 2.31. The molecule has 0 spiro atoms. The number of nitrogens with zero attached hydrogens (tertiary/aromatic N) is 2. The maximum absolute atomic E-state index is 9.45. The molecule has 0 aromatic carbocycles. The topological polar surface area (TPSA) is 46.8 Å². The number of hydrogen-bond donors (Lipinski definition) is 1. The van der Waals surface area contributed by atoms with E-state index in [1.807, 2.05) is 22.9 Å². The van der Waals surface area contributed by atoms with Crippen LogP contribution in [0.15, 0.2) is 17.8 Å². The minimum atomic E-state index is -0.905. The molecule has 1 N–H and O–H groups in total. The van der Waals surface area contributed by atoms with Gasteiger partial charge in [-0.1, -0.05) is 0 Å². The lowest BCUT2D eigenvalue weighted by molar-refractivity contribution is -0.100. The van der Waals surface area contributed by atoms with E-state index in [9.17, 15) is 5.11 Å². The highest BCUT2D eigenvalue weighted by atomic mass is 32.1. The second kappa shape index (κ2) is 3.45. The monoisotopic (exact) mass is 198 g/mol. The minimum absolute atomic E-state index is 0.479. The highest BCUT2D eigenvalue weighted by Crippen LogP contribution is 2.17. The Morgan fingerprint density at radius 2 is 2.62 bits per heavy atom. The smallest absolute Gasteiger partial charge is 0.200 e. The summed E-state index contributed by atoms with van der Waals surface area (Å²) in [5.74, 6) is 0. The summed E-state index contributed by atoms with van der Waals surface area (Å²) in [4.78, 5) is 5.07. The van der Waals surface area contributed by atoms with Crippen LogP contribution < -0.4 is 0 Å². The molecule has 2 aromatic rings. The summed E-state index contributed by atoms with van der Waals surface area (Å²) in [6, 6.07) is 0. The SMILES string of the molecule is CCOC(O)c1cn2ccsc2n1. The summed E-state index contributed by atoms with van der Waals surface area (Å²) in [6.07, 6.45) is 2.76. The molecule has 13 heavy (non-hydrogen) atoms. The van der Waals surface area contributed by atoms with E-state index in [-0.39, 0.29) is 0 Å². The summed E-state index contributed by atoms with van der Waals surface area (Å²) < 4.78 is 6.87. The molecular formula is C8H10N2O2S. The fourth-order valence-corrected chi connectivity index (χ4v) is 1.81. The van der Waals surface area contributed by atoms with Gasteiger partial charge in [0.05, 0.1) is 0 Å². The van der Waals surface area contributed by atoms with E-state index in [1.165, 1.54) is 11.3 Å². The van der Waals surface area contributed by atoms with Gasteiger partial charge in [-0.25, -0.2) is 4.98 Å². The van der Waals surface area contributed by atoms with E-state index in [1.54, 1.807) is 6.20 Å². The van der Waals surface area contributed by atoms with E-state index in [4.69, 9.17) is 4.74 Å². The Balaban J connectivity index is 2.28. The molecular weight excluding hydrogens is 188 g/mol. The maximum atomic E-state index is 9.45. The first-order valence-electron chi connectivity index (χ1n) is 4.03. The van der Waals surface area contributed by atoms with Gasteiger partial charge in [-0.3, -0.25) is 4.40 Å². The molecule has 0 aliphatic heterocycles. The molecule has 0 fully saturated rings. The first-order valence-corrected chi connectivity index (χ1v) is 4.91. The molecule has 2 heterocycles. The summed E-state index contributed by atoms with van der Waals surface area (Å²) >= 11 is 1.53. The molecule has 4 nitrogen and oxygen atoms in total. The average Bonchev–Trinajstić information content (AvgIpc) is 2.61. The standard InChI is InChI=1S/C8H10N2O2S/c1-2-12-7(11)6-5-10-3-4-13-8(10)9-6/h3-5,7,11H,2H2,1H3. The van der Waals surface area contributed by atoms with E-state index in [2.05, 4.69) is 4.98 Å². The van der Waals surface area contributed by atoms with Crippen LogP contribution in [-0.2, 0) is 4.74 Å². The van der Waals surface area contributed by atoms with Crippen LogP contribution in [0.25, 0.3) is 4.96 Å². The Morgan fingerprint density at radius 3 is 3.31 bits per heavy atom. The highest BCUT2D eigenvalue weighted by Gasteiger charge is 2.11. The van der Waals surface area contributed by atoms with Gasteiger partial charge in [-0.15, -0.1) is 11.3 Å². The Kier molecular flexibility index (Phi) is 2.30. The van der Waals surface area contributed by atoms with Crippen LogP contribution in [0.2, 0.25) is 0 Å². The Morgan fingerprint density at radius 1 is 1.77 bits per heavy atom. The van der Waals surface area contributed by atoms with Crippen molar-refractivity contribution in [1.29, 1.82) is 0 Å². The number of rotatable bonds is 3. The van der Waals surface area contributed by atoms with Crippen LogP contribution in [-0.4, -0.2) is 21.1 Å². The van der Waals surface area contributed by atoms with Gasteiger partial charge in [0.15, 0.2) is 11.3 Å². The summed E-state index contributed by atoms with van der Waals surface area (Å²) in [5, 5.41) is 11.4. The Hall–Kier alpha value is -0.910. The second-order valence-corrected chi connectivity index (χ2v) is 3.44. The predicted octanol–water partition coefficient (Wildman–Crippen LogP) is 1.42. The number of thiazole rings is 1. The number of hydrogen-bond acceptors (Lipinski definition) is 4. The third-order valence-corrected chi connectivity index (χ3v) is 2.46. The normalized spacial score (nSPS) is 13.7. The van der Waals surface area contributed by atoms with Crippen LogP contribution in [0.1, 0.15) is 18.9 Å². The zero-order chi connectivity index (χ0) is 9.26. The van der Waals surface area contributed by atoms with Crippen LogP contribution in [0.5, 0.6) is 0 Å². The third-order valence-electron chi connectivity index (χ3n) is 1.69. The molecule has 2 aromatic heterocycles. The van der Waals surface area contributed by atoms with Crippen LogP contribution in [0, 0.1) is 0 Å². The Labute approximate surface area is 79.4 Å². The van der Waals surface area contributed by atoms with Crippen molar-refractivity contribution in [2.24, 2.45) is 0 Å². The van der Waals surface area contributed by atoms with Crippen molar-refractivity contribution in [3.63, 3.8) is 0 Å². The minimum Gasteiger partial charge on any atom is -0.363 e. The number of fused-ring (bicyclic) bond motifs is 1. The Bertz CT molecular complexity index is 367. The van der Waals surface area contributed by atoms with Gasteiger partial charge in [-0.05, 0) is 6.92 Å². The zero-order valence-corrected chi connectivity index (χ0v) is 7.99. The number of aromatic nitrogens is 2. The lowest BCUT2D eigenvalue weighted by Crippen LogP contribution is -2.02. The first-order chi connectivity index (χ1) is 6.31. The molecule has 0 aliphatic rings. The molecule has 0 amide bonds. The van der Waals surface area contributed by atoms with Crippen molar-refractivity contribution in [2.75, 3.05) is 6.61 Å². The number of aliphatic hydroxyl groups is 1. The largest absolute Gasteiger partial charge is 0.363 e. The van der Waals surface area contributed by atoms with E-state index < -0.39 is 6.29 Å². The van der Waals surface area contributed by atoms with Gasteiger partial charge >= 0.3 is 0 Å². The number of aliphatic hydroxyl groups excluding tert-OH is 1. The quantitative estimate of drug-likeness (QED) is 0.759. The van der Waals surface area contributed by atoms with Crippen molar-refractivity contribution in [3.05, 3.63) is 23.5 Å². The molecule has 0 radical (unpaired) electrons. The second-order valence-electron chi connectivity index (χ2n) is 2.57. The number of ether oxygens (including phenoxy) is 1. The fraction of sp³-hybridized carbons (Fsp3) is 0.375.